The zero-order chi connectivity index (χ0) is 33.0. The molecule has 0 radical (unpaired) electrons. The van der Waals surface area contributed by atoms with Crippen LogP contribution in [0.5, 0.6) is 0 Å². The minimum absolute atomic E-state index is 0.130. The molecule has 6 atom stereocenters. The van der Waals surface area contributed by atoms with Crippen molar-refractivity contribution < 1.29 is 47.5 Å². The van der Waals surface area contributed by atoms with E-state index in [0.717, 1.165) is 56.2 Å². The monoisotopic (exact) mass is 661 g/mol. The van der Waals surface area contributed by atoms with Crippen LogP contribution >= 0.6 is 7.67 Å². The van der Waals surface area contributed by atoms with E-state index < -0.39 is 67.8 Å². The fraction of sp³-hybridized carbons (Fsp3) is 0.786. The van der Waals surface area contributed by atoms with Crippen molar-refractivity contribution in [1.29, 1.82) is 0 Å². The number of nitrogens with zero attached hydrogens (tertiary/aromatic N) is 2. The van der Waals surface area contributed by atoms with E-state index in [0.29, 0.717) is 25.7 Å². The molecule has 45 heavy (non-hydrogen) atoms. The minimum atomic E-state index is -4.53. The van der Waals surface area contributed by atoms with Crippen molar-refractivity contribution in [3.63, 3.8) is 0 Å². The fourth-order valence-electron chi connectivity index (χ4n) is 5.80. The predicted octanol–water partition coefficient (Wildman–Crippen LogP) is 1.96. The van der Waals surface area contributed by atoms with Gasteiger partial charge in [-0.1, -0.05) is 12.8 Å². The highest BCUT2D eigenvalue weighted by Crippen LogP contribution is 2.48. The first-order chi connectivity index (χ1) is 21.1. The first kappa shape index (κ1) is 35.4. The average Bonchev–Trinajstić information content (AvgIpc) is 3.17. The SMILES string of the molecule is C[C@H](NP(=O)(N[C@@H](C)C(=O)OC1CCCCC1)OC[C@@]1(F)O[C@@H](n2ccc(N)nc2=O)[C@](C)(O)[C@@H]1O)C(=O)OC1CCCCC1. The van der Waals surface area contributed by atoms with E-state index in [1.807, 2.05) is 0 Å². The van der Waals surface area contributed by atoms with E-state index in [9.17, 15) is 29.2 Å². The molecule has 2 aliphatic carbocycles. The summed E-state index contributed by atoms with van der Waals surface area (Å²) in [6.45, 7) is 2.53. The molecule has 0 unspecified atom stereocenters. The standard InChI is InChI=1S/C28H45FN5O10P/c1-17(22(35)42-19-10-6-4-7-11-19)32-45(40,33-18(2)23(36)43-20-12-8-5-9-13-20)41-16-28(29)24(37)27(3,39)25(44-28)34-15-14-21(30)31-26(34)38/h14-15,17-20,24-25,37,39H,4-13,16H2,1-3H3,(H2,30,31,38)(H2,32,33,40)/t17-,18-,24-,25+,27+,28+/m0/s1. The van der Waals surface area contributed by atoms with E-state index in [1.54, 1.807) is 0 Å². The van der Waals surface area contributed by atoms with Crippen LogP contribution in [0.3, 0.4) is 0 Å². The number of nitrogens with one attached hydrogen (secondary N) is 2. The number of alkyl halides is 1. The van der Waals surface area contributed by atoms with Crippen LogP contribution in [0.25, 0.3) is 0 Å². The summed E-state index contributed by atoms with van der Waals surface area (Å²) in [6, 6.07) is -1.25. The number of ether oxygens (including phenoxy) is 3. The van der Waals surface area contributed by atoms with Crippen LogP contribution in [0.2, 0.25) is 0 Å². The van der Waals surface area contributed by atoms with Gasteiger partial charge in [-0.15, -0.1) is 0 Å². The lowest BCUT2D eigenvalue weighted by Crippen LogP contribution is -2.50. The number of aliphatic hydroxyl groups is 2. The Kier molecular flexibility index (Phi) is 11.4. The molecule has 1 aromatic rings. The largest absolute Gasteiger partial charge is 0.461 e. The summed E-state index contributed by atoms with van der Waals surface area (Å²) >= 11 is 0. The molecule has 0 bridgehead atoms. The van der Waals surface area contributed by atoms with Crippen molar-refractivity contribution in [2.45, 2.75) is 133 Å². The molecule has 4 rings (SSSR count). The van der Waals surface area contributed by atoms with Crippen LogP contribution in [-0.4, -0.2) is 80.2 Å². The molecule has 1 aliphatic heterocycles. The van der Waals surface area contributed by atoms with Crippen LogP contribution in [0, 0.1) is 0 Å². The molecular formula is C28H45FN5O10P. The van der Waals surface area contributed by atoms with Gasteiger partial charge in [0, 0.05) is 6.20 Å². The number of aromatic nitrogens is 2. The van der Waals surface area contributed by atoms with Crippen molar-refractivity contribution in [3.05, 3.63) is 22.7 Å². The third-order valence-corrected chi connectivity index (χ3v) is 10.4. The Balaban J connectivity index is 1.50. The van der Waals surface area contributed by atoms with Crippen LogP contribution in [0.15, 0.2) is 17.1 Å². The summed E-state index contributed by atoms with van der Waals surface area (Å²) in [5.74, 6) is -4.80. The molecule has 0 aromatic carbocycles. The zero-order valence-corrected chi connectivity index (χ0v) is 26.7. The van der Waals surface area contributed by atoms with Gasteiger partial charge in [0.05, 0.1) is 0 Å². The second-order valence-corrected chi connectivity index (χ2v) is 14.2. The molecule has 15 nitrogen and oxygen atoms in total. The number of hydrogen-bond acceptors (Lipinski definition) is 12. The molecule has 254 valence electrons. The molecule has 0 spiro atoms. The number of carbonyl (C=O) groups excluding carboxylic acids is 2. The Bertz CT molecular complexity index is 1260. The first-order valence-corrected chi connectivity index (χ1v) is 17.1. The number of anilines is 1. The van der Waals surface area contributed by atoms with Crippen LogP contribution < -0.4 is 21.6 Å². The number of aliphatic hydroxyl groups excluding tert-OH is 1. The summed E-state index contributed by atoms with van der Waals surface area (Å²) in [7, 11) is -4.53. The van der Waals surface area contributed by atoms with Crippen molar-refractivity contribution in [1.82, 2.24) is 19.7 Å². The zero-order valence-electron chi connectivity index (χ0n) is 25.9. The number of nitrogens with two attached hydrogens (primary N) is 1. The van der Waals surface area contributed by atoms with E-state index >= 15 is 4.39 Å². The Morgan fingerprint density at radius 3 is 2.04 bits per heavy atom. The van der Waals surface area contributed by atoms with E-state index in [4.69, 9.17) is 24.5 Å². The van der Waals surface area contributed by atoms with Crippen molar-refractivity contribution in [2.75, 3.05) is 12.3 Å². The molecule has 0 amide bonds. The van der Waals surface area contributed by atoms with Gasteiger partial charge in [-0.2, -0.15) is 4.98 Å². The molecule has 6 N–H and O–H groups in total. The number of nitrogen functional groups attached to an aromatic ring is 1. The molecule has 1 saturated heterocycles. The number of carbonyl (C=O) groups is 2. The number of rotatable bonds is 12. The summed E-state index contributed by atoms with van der Waals surface area (Å²) < 4.78 is 53.0. The highest BCUT2D eigenvalue weighted by Gasteiger charge is 2.63. The topological polar surface area (TPSA) is 214 Å². The first-order valence-electron chi connectivity index (χ1n) is 15.5. The number of hydrogen-bond donors (Lipinski definition) is 5. The van der Waals surface area contributed by atoms with Gasteiger partial charge in [-0.3, -0.25) is 23.2 Å². The number of halogens is 1. The van der Waals surface area contributed by atoms with E-state index in [-0.39, 0.29) is 18.0 Å². The molecule has 3 aliphatic rings. The minimum Gasteiger partial charge on any atom is -0.461 e. The van der Waals surface area contributed by atoms with Gasteiger partial charge in [0.15, 0.2) is 6.23 Å². The third kappa shape index (κ3) is 8.67. The summed E-state index contributed by atoms with van der Waals surface area (Å²) in [6.07, 6.45) is 4.93. The maximum absolute atomic E-state index is 16.2. The van der Waals surface area contributed by atoms with Crippen molar-refractivity contribution >= 4 is 25.4 Å². The van der Waals surface area contributed by atoms with Gasteiger partial charge in [0.2, 0.25) is 0 Å². The van der Waals surface area contributed by atoms with E-state index in [1.165, 1.54) is 19.9 Å². The lowest BCUT2D eigenvalue weighted by molar-refractivity contribution is -0.203. The predicted molar refractivity (Wildman–Crippen MR) is 158 cm³/mol. The van der Waals surface area contributed by atoms with Crippen LogP contribution in [0.4, 0.5) is 10.2 Å². The summed E-state index contributed by atoms with van der Waals surface area (Å²) in [5.41, 5.74) is 2.14. The van der Waals surface area contributed by atoms with Crippen LogP contribution in [-0.2, 0) is 32.9 Å². The lowest BCUT2D eigenvalue weighted by atomic mass is 9.95. The second-order valence-electron chi connectivity index (χ2n) is 12.3. The quantitative estimate of drug-likeness (QED) is 0.160. The second kappa shape index (κ2) is 14.5. The maximum Gasteiger partial charge on any atom is 0.351 e. The normalized spacial score (nSPS) is 29.6. The third-order valence-electron chi connectivity index (χ3n) is 8.42. The lowest BCUT2D eigenvalue weighted by Gasteiger charge is -2.31. The molecule has 2 saturated carbocycles. The van der Waals surface area contributed by atoms with Crippen molar-refractivity contribution in [3.8, 4) is 0 Å². The Morgan fingerprint density at radius 1 is 1.09 bits per heavy atom. The van der Waals surface area contributed by atoms with Gasteiger partial charge < -0.3 is 30.2 Å². The van der Waals surface area contributed by atoms with Crippen LogP contribution in [0.1, 0.15) is 91.2 Å². The Hall–Kier alpha value is -2.46. The smallest absolute Gasteiger partial charge is 0.351 e. The molecule has 1 aromatic heterocycles. The van der Waals surface area contributed by atoms with Gasteiger partial charge in [-0.05, 0) is 78.2 Å². The van der Waals surface area contributed by atoms with Gasteiger partial charge >= 0.3 is 25.3 Å². The fourth-order valence-corrected chi connectivity index (χ4v) is 7.61. The Morgan fingerprint density at radius 2 is 1.58 bits per heavy atom. The van der Waals surface area contributed by atoms with Gasteiger partial charge in [-0.25, -0.2) is 19.4 Å². The van der Waals surface area contributed by atoms with Crippen molar-refractivity contribution in [2.24, 2.45) is 0 Å². The van der Waals surface area contributed by atoms with E-state index in [2.05, 4.69) is 15.2 Å². The van der Waals surface area contributed by atoms with Gasteiger partial charge in [0.25, 0.3) is 5.85 Å². The average molecular weight is 662 g/mol. The maximum atomic E-state index is 16.2. The Labute approximate surface area is 260 Å². The molecular weight excluding hydrogens is 616 g/mol. The molecule has 2 heterocycles. The summed E-state index contributed by atoms with van der Waals surface area (Å²) in [4.78, 5) is 41.7. The molecule has 3 fully saturated rings. The summed E-state index contributed by atoms with van der Waals surface area (Å²) in [5, 5.41) is 26.8. The highest BCUT2D eigenvalue weighted by molar-refractivity contribution is 7.54. The molecule has 17 heteroatoms. The number of esters is 2. The highest BCUT2D eigenvalue weighted by atomic mass is 31.2. The van der Waals surface area contributed by atoms with Gasteiger partial charge in [0.1, 0.15) is 48.4 Å².